The number of aromatic nitrogens is 2. The maximum absolute atomic E-state index is 11.2. The average Bonchev–Trinajstić information content (AvgIpc) is 2.53. The minimum absolute atomic E-state index is 0.00419. The maximum atomic E-state index is 11.2. The summed E-state index contributed by atoms with van der Waals surface area (Å²) >= 11 is 0. The van der Waals surface area contributed by atoms with E-state index in [1.54, 1.807) is 6.20 Å². The topological polar surface area (TPSA) is 78.4 Å². The number of carbonyl (C=O) groups is 1. The number of nitrogens with one attached hydrogen (secondary N) is 1. The van der Waals surface area contributed by atoms with Gasteiger partial charge in [0.25, 0.3) is 0 Å². The quantitative estimate of drug-likeness (QED) is 0.906. The Labute approximate surface area is 122 Å². The van der Waals surface area contributed by atoms with Crippen molar-refractivity contribution >= 4 is 22.9 Å². The molecule has 1 atom stereocenters. The molecule has 6 nitrogen and oxygen atoms in total. The lowest BCUT2D eigenvalue weighted by atomic mass is 10.0. The first kappa shape index (κ1) is 13.6. The van der Waals surface area contributed by atoms with Crippen LogP contribution in [0.25, 0.3) is 11.0 Å². The number of amides is 1. The number of benzene rings is 1. The molecular weight excluding hydrogens is 268 g/mol. The summed E-state index contributed by atoms with van der Waals surface area (Å²) in [5.41, 5.74) is 1.69. The lowest BCUT2D eigenvalue weighted by Crippen LogP contribution is -2.46. The summed E-state index contributed by atoms with van der Waals surface area (Å²) in [6, 6.07) is 7.69. The van der Waals surface area contributed by atoms with Crippen LogP contribution in [-0.4, -0.2) is 45.2 Å². The van der Waals surface area contributed by atoms with Gasteiger partial charge in [-0.1, -0.05) is 12.1 Å². The standard InChI is InChI=1S/C15H18N4O2/c20-15(21)19-8-4-3-5-11(19)9-17-14-10-16-12-6-1-2-7-13(12)18-14/h1-2,6-7,10-11H,3-5,8-9H2,(H,17,18)(H,20,21). The number of carboxylic acid groups (broad SMARTS) is 1. The van der Waals surface area contributed by atoms with Gasteiger partial charge in [0.1, 0.15) is 5.82 Å². The SMILES string of the molecule is O=C(O)N1CCCCC1CNc1cnc2ccccc2n1. The molecule has 0 radical (unpaired) electrons. The number of fused-ring (bicyclic) bond motifs is 1. The van der Waals surface area contributed by atoms with E-state index in [-0.39, 0.29) is 6.04 Å². The molecule has 1 aromatic carbocycles. The van der Waals surface area contributed by atoms with Gasteiger partial charge >= 0.3 is 6.09 Å². The second kappa shape index (κ2) is 5.95. The van der Waals surface area contributed by atoms with Gasteiger partial charge in [0.05, 0.1) is 23.3 Å². The van der Waals surface area contributed by atoms with Gasteiger partial charge in [-0.2, -0.15) is 0 Å². The fraction of sp³-hybridized carbons (Fsp3) is 0.400. The lowest BCUT2D eigenvalue weighted by molar-refractivity contribution is 0.110. The fourth-order valence-electron chi connectivity index (χ4n) is 2.73. The predicted octanol–water partition coefficient (Wildman–Crippen LogP) is 2.57. The smallest absolute Gasteiger partial charge is 0.407 e. The highest BCUT2D eigenvalue weighted by Crippen LogP contribution is 2.18. The van der Waals surface area contributed by atoms with Gasteiger partial charge in [0, 0.05) is 13.1 Å². The Bertz CT molecular complexity index is 646. The van der Waals surface area contributed by atoms with Crippen LogP contribution in [0.5, 0.6) is 0 Å². The van der Waals surface area contributed by atoms with Crippen LogP contribution >= 0.6 is 0 Å². The maximum Gasteiger partial charge on any atom is 0.407 e. The third kappa shape index (κ3) is 3.04. The number of nitrogens with zero attached hydrogens (tertiary/aromatic N) is 3. The molecule has 1 aromatic heterocycles. The van der Waals surface area contributed by atoms with Crippen molar-refractivity contribution in [2.45, 2.75) is 25.3 Å². The second-order valence-corrected chi connectivity index (χ2v) is 5.25. The van der Waals surface area contributed by atoms with E-state index in [0.29, 0.717) is 18.9 Å². The Kier molecular flexibility index (Phi) is 3.85. The van der Waals surface area contributed by atoms with E-state index in [1.807, 2.05) is 24.3 Å². The molecule has 110 valence electrons. The van der Waals surface area contributed by atoms with Gasteiger partial charge in [-0.15, -0.1) is 0 Å². The molecule has 21 heavy (non-hydrogen) atoms. The highest BCUT2D eigenvalue weighted by molar-refractivity contribution is 5.75. The van der Waals surface area contributed by atoms with Crippen LogP contribution in [0.15, 0.2) is 30.5 Å². The van der Waals surface area contributed by atoms with E-state index in [4.69, 9.17) is 0 Å². The van der Waals surface area contributed by atoms with Gasteiger partial charge < -0.3 is 15.3 Å². The van der Waals surface area contributed by atoms with Crippen molar-refractivity contribution in [2.24, 2.45) is 0 Å². The number of para-hydroxylation sites is 2. The summed E-state index contributed by atoms with van der Waals surface area (Å²) in [5.74, 6) is 0.685. The third-order valence-corrected chi connectivity index (χ3v) is 3.84. The van der Waals surface area contributed by atoms with Crippen LogP contribution in [0.1, 0.15) is 19.3 Å². The van der Waals surface area contributed by atoms with Crippen LogP contribution in [-0.2, 0) is 0 Å². The summed E-state index contributed by atoms with van der Waals surface area (Å²) in [6.45, 7) is 1.18. The molecule has 1 aliphatic rings. The van der Waals surface area contributed by atoms with Crippen molar-refractivity contribution in [3.8, 4) is 0 Å². The van der Waals surface area contributed by atoms with Crippen LogP contribution in [0.2, 0.25) is 0 Å². The number of hydrogen-bond acceptors (Lipinski definition) is 4. The first-order chi connectivity index (χ1) is 10.2. The largest absolute Gasteiger partial charge is 0.465 e. The van der Waals surface area contributed by atoms with E-state index >= 15 is 0 Å². The zero-order valence-electron chi connectivity index (χ0n) is 11.7. The van der Waals surface area contributed by atoms with Gasteiger partial charge in [0.2, 0.25) is 0 Å². The monoisotopic (exact) mass is 286 g/mol. The third-order valence-electron chi connectivity index (χ3n) is 3.84. The van der Waals surface area contributed by atoms with E-state index in [1.165, 1.54) is 4.90 Å². The summed E-state index contributed by atoms with van der Waals surface area (Å²) < 4.78 is 0. The molecule has 0 bridgehead atoms. The Hall–Kier alpha value is -2.37. The molecule has 3 rings (SSSR count). The molecule has 6 heteroatoms. The van der Waals surface area contributed by atoms with E-state index in [9.17, 15) is 9.90 Å². The molecule has 2 N–H and O–H groups in total. The number of rotatable bonds is 3. The molecule has 0 saturated carbocycles. The van der Waals surface area contributed by atoms with Crippen molar-refractivity contribution in [2.75, 3.05) is 18.4 Å². The molecule has 2 aromatic rings. The molecule has 0 spiro atoms. The number of anilines is 1. The van der Waals surface area contributed by atoms with Crippen molar-refractivity contribution in [1.29, 1.82) is 0 Å². The van der Waals surface area contributed by atoms with Crippen LogP contribution in [0.4, 0.5) is 10.6 Å². The number of piperidine rings is 1. The minimum Gasteiger partial charge on any atom is -0.465 e. The van der Waals surface area contributed by atoms with Gasteiger partial charge in [-0.25, -0.2) is 9.78 Å². The highest BCUT2D eigenvalue weighted by atomic mass is 16.4. The zero-order valence-corrected chi connectivity index (χ0v) is 11.7. The molecule has 0 aliphatic carbocycles. The number of likely N-dealkylation sites (tertiary alicyclic amines) is 1. The van der Waals surface area contributed by atoms with Crippen molar-refractivity contribution < 1.29 is 9.90 Å². The lowest BCUT2D eigenvalue weighted by Gasteiger charge is -2.33. The van der Waals surface area contributed by atoms with Crippen LogP contribution in [0.3, 0.4) is 0 Å². The molecule has 1 amide bonds. The average molecular weight is 286 g/mol. The second-order valence-electron chi connectivity index (χ2n) is 5.25. The summed E-state index contributed by atoms with van der Waals surface area (Å²) in [4.78, 5) is 21.6. The van der Waals surface area contributed by atoms with Gasteiger partial charge in [0.15, 0.2) is 0 Å². The normalized spacial score (nSPS) is 18.7. The number of hydrogen-bond donors (Lipinski definition) is 2. The Balaban J connectivity index is 1.69. The first-order valence-electron chi connectivity index (χ1n) is 7.19. The summed E-state index contributed by atoms with van der Waals surface area (Å²) in [6.07, 6.45) is 3.75. The summed E-state index contributed by atoms with van der Waals surface area (Å²) in [5, 5.41) is 12.4. The van der Waals surface area contributed by atoms with Gasteiger partial charge in [-0.05, 0) is 31.4 Å². The molecule has 1 aliphatic heterocycles. The molecule has 1 saturated heterocycles. The molecular formula is C15H18N4O2. The van der Waals surface area contributed by atoms with E-state index in [2.05, 4.69) is 15.3 Å². The summed E-state index contributed by atoms with van der Waals surface area (Å²) in [7, 11) is 0. The van der Waals surface area contributed by atoms with E-state index in [0.717, 1.165) is 30.3 Å². The first-order valence-corrected chi connectivity index (χ1v) is 7.19. The Morgan fingerprint density at radius 2 is 2.14 bits per heavy atom. The highest BCUT2D eigenvalue weighted by Gasteiger charge is 2.26. The van der Waals surface area contributed by atoms with Crippen molar-refractivity contribution in [3.63, 3.8) is 0 Å². The fourth-order valence-corrected chi connectivity index (χ4v) is 2.73. The zero-order chi connectivity index (χ0) is 14.7. The van der Waals surface area contributed by atoms with Crippen LogP contribution < -0.4 is 5.32 Å². The Morgan fingerprint density at radius 3 is 2.95 bits per heavy atom. The van der Waals surface area contributed by atoms with Crippen LogP contribution in [0, 0.1) is 0 Å². The molecule has 1 unspecified atom stereocenters. The molecule has 2 heterocycles. The molecule has 1 fully saturated rings. The van der Waals surface area contributed by atoms with Crippen molar-refractivity contribution in [3.05, 3.63) is 30.5 Å². The van der Waals surface area contributed by atoms with Crippen molar-refractivity contribution in [1.82, 2.24) is 14.9 Å². The Morgan fingerprint density at radius 1 is 1.33 bits per heavy atom. The van der Waals surface area contributed by atoms with E-state index < -0.39 is 6.09 Å². The van der Waals surface area contributed by atoms with Gasteiger partial charge in [-0.3, -0.25) is 4.98 Å². The predicted molar refractivity (Wildman–Crippen MR) is 80.4 cm³/mol. The minimum atomic E-state index is -0.842.